The number of rotatable bonds is 3. The number of aliphatic hydroxyl groups excluding tert-OH is 1. The standard InChI is InChI=1S/C14H12N2O3/c1-9(17)11-12(10-5-3-2-4-6-10)16(8-7-15)14(19)13(11)18/h2-6,12,18H,8H2,1H3/t12-/m1/s1. The first-order valence-electron chi connectivity index (χ1n) is 5.75. The Labute approximate surface area is 110 Å². The number of carbonyl (C=O) groups is 2. The lowest BCUT2D eigenvalue weighted by Crippen LogP contribution is -2.31. The molecule has 1 aliphatic heterocycles. The highest BCUT2D eigenvalue weighted by Gasteiger charge is 2.42. The van der Waals surface area contributed by atoms with Crippen molar-refractivity contribution in [1.29, 1.82) is 5.26 Å². The summed E-state index contributed by atoms with van der Waals surface area (Å²) in [5.41, 5.74) is 0.742. The molecule has 1 amide bonds. The maximum absolute atomic E-state index is 11.9. The minimum absolute atomic E-state index is 0.0476. The van der Waals surface area contributed by atoms with Crippen LogP contribution in [0, 0.1) is 11.3 Å². The Morgan fingerprint density at radius 1 is 1.42 bits per heavy atom. The number of hydrogen-bond acceptors (Lipinski definition) is 4. The van der Waals surface area contributed by atoms with Gasteiger partial charge in [0.25, 0.3) is 5.91 Å². The Kier molecular flexibility index (Phi) is 3.34. The first kappa shape index (κ1) is 12.8. The van der Waals surface area contributed by atoms with Gasteiger partial charge in [-0.1, -0.05) is 30.3 Å². The third-order valence-electron chi connectivity index (χ3n) is 3.04. The highest BCUT2D eigenvalue weighted by atomic mass is 16.3. The fourth-order valence-electron chi connectivity index (χ4n) is 2.23. The molecule has 0 radical (unpaired) electrons. The molecule has 5 heteroatoms. The normalized spacial score (nSPS) is 18.6. The van der Waals surface area contributed by atoms with E-state index >= 15 is 0 Å². The van der Waals surface area contributed by atoms with E-state index in [2.05, 4.69) is 0 Å². The molecule has 0 unspecified atom stereocenters. The van der Waals surface area contributed by atoms with Gasteiger partial charge in [-0.15, -0.1) is 0 Å². The fourth-order valence-corrected chi connectivity index (χ4v) is 2.23. The number of aliphatic hydroxyl groups is 1. The Hall–Kier alpha value is -2.61. The molecule has 19 heavy (non-hydrogen) atoms. The maximum Gasteiger partial charge on any atom is 0.290 e. The van der Waals surface area contributed by atoms with Crippen molar-refractivity contribution in [2.24, 2.45) is 0 Å². The van der Waals surface area contributed by atoms with Gasteiger partial charge in [-0.05, 0) is 12.5 Å². The Balaban J connectivity index is 2.55. The molecule has 0 fully saturated rings. The Morgan fingerprint density at radius 2 is 2.05 bits per heavy atom. The highest BCUT2D eigenvalue weighted by molar-refractivity contribution is 6.08. The summed E-state index contributed by atoms with van der Waals surface area (Å²) in [6, 6.07) is 10.1. The third kappa shape index (κ3) is 2.08. The quantitative estimate of drug-likeness (QED) is 0.831. The Bertz CT molecular complexity index is 599. The summed E-state index contributed by atoms with van der Waals surface area (Å²) >= 11 is 0. The zero-order valence-corrected chi connectivity index (χ0v) is 10.3. The summed E-state index contributed by atoms with van der Waals surface area (Å²) in [4.78, 5) is 24.8. The van der Waals surface area contributed by atoms with Crippen molar-refractivity contribution in [1.82, 2.24) is 4.90 Å². The molecule has 0 saturated carbocycles. The lowest BCUT2D eigenvalue weighted by Gasteiger charge is -2.23. The summed E-state index contributed by atoms with van der Waals surface area (Å²) in [5.74, 6) is -1.61. The number of carbonyl (C=O) groups excluding carboxylic acids is 2. The van der Waals surface area contributed by atoms with Crippen molar-refractivity contribution in [2.75, 3.05) is 6.54 Å². The number of benzene rings is 1. The molecule has 2 rings (SSSR count). The number of Topliss-reactive ketones (excluding diaryl/α,β-unsaturated/α-hetero) is 1. The van der Waals surface area contributed by atoms with E-state index < -0.39 is 17.7 Å². The molecule has 5 nitrogen and oxygen atoms in total. The average Bonchev–Trinajstić information content (AvgIpc) is 2.65. The van der Waals surface area contributed by atoms with Crippen LogP contribution in [-0.4, -0.2) is 28.2 Å². The van der Waals surface area contributed by atoms with Crippen LogP contribution in [0.3, 0.4) is 0 Å². The largest absolute Gasteiger partial charge is 0.503 e. The summed E-state index contributed by atoms with van der Waals surface area (Å²) < 4.78 is 0. The maximum atomic E-state index is 11.9. The lowest BCUT2D eigenvalue weighted by atomic mass is 9.97. The van der Waals surface area contributed by atoms with Crippen LogP contribution < -0.4 is 0 Å². The van der Waals surface area contributed by atoms with Crippen LogP contribution >= 0.6 is 0 Å². The second-order valence-corrected chi connectivity index (χ2v) is 4.22. The van der Waals surface area contributed by atoms with E-state index in [0.717, 1.165) is 0 Å². The molecule has 0 saturated heterocycles. The number of hydrogen-bond donors (Lipinski definition) is 1. The lowest BCUT2D eigenvalue weighted by molar-refractivity contribution is -0.128. The van der Waals surface area contributed by atoms with Gasteiger partial charge in [0.2, 0.25) is 0 Å². The van der Waals surface area contributed by atoms with Gasteiger partial charge >= 0.3 is 0 Å². The number of amides is 1. The molecule has 1 N–H and O–H groups in total. The summed E-state index contributed by atoms with van der Waals surface area (Å²) in [6.45, 7) is 1.11. The number of ketones is 1. The van der Waals surface area contributed by atoms with Crippen LogP contribution in [0.25, 0.3) is 0 Å². The SMILES string of the molecule is CC(=O)C1=C(O)C(=O)N(CC#N)[C@@H]1c1ccccc1. The van der Waals surface area contributed by atoms with Crippen molar-refractivity contribution >= 4 is 11.7 Å². The van der Waals surface area contributed by atoms with Crippen molar-refractivity contribution in [3.63, 3.8) is 0 Å². The van der Waals surface area contributed by atoms with Crippen molar-refractivity contribution in [2.45, 2.75) is 13.0 Å². The van der Waals surface area contributed by atoms with E-state index in [0.29, 0.717) is 5.56 Å². The third-order valence-corrected chi connectivity index (χ3v) is 3.04. The van der Waals surface area contributed by atoms with Crippen molar-refractivity contribution in [3.8, 4) is 6.07 Å². The van der Waals surface area contributed by atoms with Gasteiger partial charge in [0.1, 0.15) is 6.54 Å². The van der Waals surface area contributed by atoms with E-state index in [-0.39, 0.29) is 17.9 Å². The van der Waals surface area contributed by atoms with Crippen LogP contribution in [0.15, 0.2) is 41.7 Å². The summed E-state index contributed by atoms with van der Waals surface area (Å²) in [7, 11) is 0. The van der Waals surface area contributed by atoms with E-state index in [1.54, 1.807) is 24.3 Å². The van der Waals surface area contributed by atoms with Crippen LogP contribution in [0.4, 0.5) is 0 Å². The monoisotopic (exact) mass is 256 g/mol. The van der Waals surface area contributed by atoms with Crippen LogP contribution in [-0.2, 0) is 9.59 Å². The molecule has 1 aromatic rings. The minimum Gasteiger partial charge on any atom is -0.503 e. The number of nitriles is 1. The molecule has 0 bridgehead atoms. The first-order chi connectivity index (χ1) is 9.07. The molecule has 1 aromatic carbocycles. The molecular formula is C14H12N2O3. The van der Waals surface area contributed by atoms with Gasteiger partial charge in [0.05, 0.1) is 17.7 Å². The van der Waals surface area contributed by atoms with Gasteiger partial charge in [0.15, 0.2) is 11.5 Å². The molecule has 96 valence electrons. The second kappa shape index (κ2) is 4.94. The smallest absolute Gasteiger partial charge is 0.290 e. The van der Waals surface area contributed by atoms with Gasteiger partial charge in [-0.2, -0.15) is 5.26 Å². The van der Waals surface area contributed by atoms with Crippen molar-refractivity contribution < 1.29 is 14.7 Å². The van der Waals surface area contributed by atoms with E-state index in [9.17, 15) is 14.7 Å². The van der Waals surface area contributed by atoms with E-state index in [4.69, 9.17) is 5.26 Å². The molecule has 1 atom stereocenters. The summed E-state index contributed by atoms with van der Waals surface area (Å²) in [6.07, 6.45) is 0. The number of nitrogens with zero attached hydrogens (tertiary/aromatic N) is 2. The van der Waals surface area contributed by atoms with Crippen LogP contribution in [0.5, 0.6) is 0 Å². The van der Waals surface area contributed by atoms with Crippen LogP contribution in [0.2, 0.25) is 0 Å². The van der Waals surface area contributed by atoms with E-state index in [1.165, 1.54) is 11.8 Å². The second-order valence-electron chi connectivity index (χ2n) is 4.22. The molecule has 1 aliphatic rings. The Morgan fingerprint density at radius 3 is 2.58 bits per heavy atom. The average molecular weight is 256 g/mol. The molecule has 0 spiro atoms. The zero-order valence-electron chi connectivity index (χ0n) is 10.3. The minimum atomic E-state index is -0.689. The highest BCUT2D eigenvalue weighted by Crippen LogP contribution is 2.36. The van der Waals surface area contributed by atoms with Gasteiger partial charge < -0.3 is 10.0 Å². The zero-order chi connectivity index (χ0) is 14.0. The molecule has 0 aromatic heterocycles. The topological polar surface area (TPSA) is 81.4 Å². The van der Waals surface area contributed by atoms with E-state index in [1.807, 2.05) is 12.1 Å². The fraction of sp³-hybridized carbons (Fsp3) is 0.214. The van der Waals surface area contributed by atoms with Crippen LogP contribution in [0.1, 0.15) is 18.5 Å². The van der Waals surface area contributed by atoms with Gasteiger partial charge in [-0.3, -0.25) is 9.59 Å². The molecule has 0 aliphatic carbocycles. The predicted octanol–water partition coefficient (Wildman–Crippen LogP) is 1.49. The van der Waals surface area contributed by atoms with Gasteiger partial charge in [-0.25, -0.2) is 0 Å². The predicted molar refractivity (Wildman–Crippen MR) is 66.8 cm³/mol. The first-order valence-corrected chi connectivity index (χ1v) is 5.75. The molecule has 1 heterocycles. The van der Waals surface area contributed by atoms with Crippen molar-refractivity contribution in [3.05, 3.63) is 47.2 Å². The van der Waals surface area contributed by atoms with Gasteiger partial charge in [0, 0.05) is 0 Å². The summed E-state index contributed by atoms with van der Waals surface area (Å²) in [5, 5.41) is 18.6. The molecular weight excluding hydrogens is 244 g/mol.